The molecule has 0 saturated carbocycles. The Morgan fingerprint density at radius 1 is 1.10 bits per heavy atom. The van der Waals surface area contributed by atoms with Gasteiger partial charge in [0.2, 0.25) is 11.0 Å². The Kier molecular flexibility index (Phi) is 6.34. The smallest absolute Gasteiger partial charge is 0.289 e. The van der Waals surface area contributed by atoms with E-state index in [1.807, 2.05) is 31.2 Å². The molecule has 2 amide bonds. The summed E-state index contributed by atoms with van der Waals surface area (Å²) in [6, 6.07) is 11.4. The Bertz CT molecular complexity index is 996. The number of benzene rings is 1. The van der Waals surface area contributed by atoms with E-state index in [1.165, 1.54) is 34.9 Å². The van der Waals surface area contributed by atoms with Crippen molar-refractivity contribution in [1.82, 2.24) is 20.0 Å². The van der Waals surface area contributed by atoms with Crippen molar-refractivity contribution < 1.29 is 14.0 Å². The highest BCUT2D eigenvalue weighted by atomic mass is 32.2. The fraction of sp³-hybridized carbons (Fsp3) is 0.300. The van der Waals surface area contributed by atoms with Gasteiger partial charge in [-0.3, -0.25) is 9.59 Å². The number of hydrogen-bond acceptors (Lipinski definition) is 8. The van der Waals surface area contributed by atoms with E-state index in [0.29, 0.717) is 42.8 Å². The van der Waals surface area contributed by atoms with Gasteiger partial charge in [0.05, 0.1) is 12.0 Å². The van der Waals surface area contributed by atoms with E-state index in [-0.39, 0.29) is 11.8 Å². The van der Waals surface area contributed by atoms with Crippen LogP contribution in [0.25, 0.3) is 0 Å². The lowest BCUT2D eigenvalue weighted by molar-refractivity contribution is -0.129. The minimum atomic E-state index is -0.135. The van der Waals surface area contributed by atoms with Crippen molar-refractivity contribution in [1.29, 1.82) is 0 Å². The number of nitrogens with zero attached hydrogens (tertiary/aromatic N) is 4. The minimum Gasteiger partial charge on any atom is -0.459 e. The zero-order valence-electron chi connectivity index (χ0n) is 16.4. The van der Waals surface area contributed by atoms with Gasteiger partial charge in [0.15, 0.2) is 10.1 Å². The van der Waals surface area contributed by atoms with E-state index >= 15 is 0 Å². The van der Waals surface area contributed by atoms with Gasteiger partial charge >= 0.3 is 0 Å². The van der Waals surface area contributed by atoms with Crippen molar-refractivity contribution in [2.45, 2.75) is 11.3 Å². The maximum Gasteiger partial charge on any atom is 0.289 e. The maximum atomic E-state index is 12.5. The van der Waals surface area contributed by atoms with Crippen LogP contribution < -0.4 is 5.32 Å². The van der Waals surface area contributed by atoms with Gasteiger partial charge in [0.25, 0.3) is 5.91 Å². The largest absolute Gasteiger partial charge is 0.459 e. The van der Waals surface area contributed by atoms with Gasteiger partial charge in [-0.2, -0.15) is 0 Å². The summed E-state index contributed by atoms with van der Waals surface area (Å²) in [4.78, 5) is 28.3. The predicted molar refractivity (Wildman–Crippen MR) is 116 cm³/mol. The van der Waals surface area contributed by atoms with Gasteiger partial charge < -0.3 is 19.5 Å². The van der Waals surface area contributed by atoms with E-state index in [1.54, 1.807) is 21.9 Å². The monoisotopic (exact) mass is 443 g/mol. The number of carbonyl (C=O) groups is 2. The molecule has 0 aliphatic carbocycles. The second-order valence-corrected chi connectivity index (χ2v) is 9.00. The Balaban J connectivity index is 1.23. The summed E-state index contributed by atoms with van der Waals surface area (Å²) in [7, 11) is 0. The standard InChI is InChI=1S/C20H21N5O3S2/c1-14-4-6-15(7-5-14)21-19-22-23-20(30-19)29-13-17(26)24-8-10-25(11-9-24)18(27)16-3-2-12-28-16/h2-7,12H,8-11,13H2,1H3,(H,21,22). The molecule has 2 aromatic heterocycles. The van der Waals surface area contributed by atoms with E-state index in [9.17, 15) is 9.59 Å². The summed E-state index contributed by atoms with van der Waals surface area (Å²) >= 11 is 2.80. The normalized spacial score (nSPS) is 14.0. The van der Waals surface area contributed by atoms with Crippen LogP contribution in [0.2, 0.25) is 0 Å². The zero-order valence-corrected chi connectivity index (χ0v) is 18.0. The molecule has 1 aromatic carbocycles. The van der Waals surface area contributed by atoms with E-state index in [4.69, 9.17) is 4.42 Å². The summed E-state index contributed by atoms with van der Waals surface area (Å²) < 4.78 is 5.90. The van der Waals surface area contributed by atoms with E-state index in [2.05, 4.69) is 15.5 Å². The highest BCUT2D eigenvalue weighted by molar-refractivity contribution is 8.01. The van der Waals surface area contributed by atoms with E-state index < -0.39 is 0 Å². The molecule has 1 aliphatic rings. The quantitative estimate of drug-likeness (QED) is 0.585. The van der Waals surface area contributed by atoms with Crippen LogP contribution in [0.3, 0.4) is 0 Å². The lowest BCUT2D eigenvalue weighted by Gasteiger charge is -2.34. The number of rotatable bonds is 6. The van der Waals surface area contributed by atoms with E-state index in [0.717, 1.165) is 10.0 Å². The summed E-state index contributed by atoms with van der Waals surface area (Å²) in [5, 5.41) is 12.2. The molecule has 0 bridgehead atoms. The third-order valence-electron chi connectivity index (χ3n) is 4.68. The summed E-state index contributed by atoms with van der Waals surface area (Å²) in [5.74, 6) is 0.527. The number of aryl methyl sites for hydroxylation is 1. The first-order chi connectivity index (χ1) is 14.6. The molecule has 0 atom stereocenters. The number of thioether (sulfide) groups is 1. The molecule has 4 rings (SSSR count). The summed E-state index contributed by atoms with van der Waals surface area (Å²) in [6.07, 6.45) is 1.49. The van der Waals surface area contributed by atoms with Crippen LogP contribution >= 0.6 is 23.1 Å². The first-order valence-electron chi connectivity index (χ1n) is 9.49. The predicted octanol–water partition coefficient (Wildman–Crippen LogP) is 3.26. The molecule has 156 valence electrons. The van der Waals surface area contributed by atoms with Crippen molar-refractivity contribution in [3.05, 3.63) is 54.0 Å². The molecule has 8 nitrogen and oxygen atoms in total. The summed E-state index contributed by atoms with van der Waals surface area (Å²) in [6.45, 7) is 4.07. The van der Waals surface area contributed by atoms with Crippen molar-refractivity contribution in [3.8, 4) is 0 Å². The van der Waals surface area contributed by atoms with Gasteiger partial charge in [-0.25, -0.2) is 0 Å². The topological polar surface area (TPSA) is 91.6 Å². The Hall–Kier alpha value is -2.85. The average molecular weight is 444 g/mol. The van der Waals surface area contributed by atoms with Crippen molar-refractivity contribution in [2.24, 2.45) is 0 Å². The van der Waals surface area contributed by atoms with Crippen LogP contribution in [0.15, 0.2) is 51.4 Å². The van der Waals surface area contributed by atoms with Crippen molar-refractivity contribution >= 4 is 45.7 Å². The minimum absolute atomic E-state index is 0.0355. The highest BCUT2D eigenvalue weighted by Gasteiger charge is 2.26. The first-order valence-corrected chi connectivity index (χ1v) is 11.3. The van der Waals surface area contributed by atoms with Crippen LogP contribution in [-0.4, -0.2) is 63.7 Å². The van der Waals surface area contributed by atoms with Crippen LogP contribution in [-0.2, 0) is 4.79 Å². The number of hydrogen-bond donors (Lipinski definition) is 1. The highest BCUT2D eigenvalue weighted by Crippen LogP contribution is 2.28. The lowest BCUT2D eigenvalue weighted by atomic mass is 10.2. The molecule has 3 aromatic rings. The Labute approximate surface area is 182 Å². The Morgan fingerprint density at radius 3 is 2.53 bits per heavy atom. The van der Waals surface area contributed by atoms with Gasteiger partial charge in [-0.1, -0.05) is 40.8 Å². The van der Waals surface area contributed by atoms with Crippen LogP contribution in [0, 0.1) is 6.92 Å². The van der Waals surface area contributed by atoms with Gasteiger partial charge in [-0.05, 0) is 31.2 Å². The number of piperazine rings is 1. The molecule has 0 spiro atoms. The van der Waals surface area contributed by atoms with Crippen molar-refractivity contribution in [3.63, 3.8) is 0 Å². The number of aromatic nitrogens is 2. The van der Waals surface area contributed by atoms with Gasteiger partial charge in [0, 0.05) is 31.9 Å². The molecule has 1 saturated heterocycles. The third-order valence-corrected chi connectivity index (χ3v) is 6.64. The fourth-order valence-electron chi connectivity index (χ4n) is 3.01. The molecular formula is C20H21N5O3S2. The first kappa shape index (κ1) is 20.4. The third kappa shape index (κ3) is 5.00. The molecule has 10 heteroatoms. The van der Waals surface area contributed by atoms with Crippen LogP contribution in [0.4, 0.5) is 10.8 Å². The average Bonchev–Trinajstić information content (AvgIpc) is 3.46. The second-order valence-electron chi connectivity index (χ2n) is 6.80. The fourth-order valence-corrected chi connectivity index (χ4v) is 4.68. The number of furan rings is 1. The number of amides is 2. The van der Waals surface area contributed by atoms with Gasteiger partial charge in [0.1, 0.15) is 0 Å². The Morgan fingerprint density at radius 2 is 1.83 bits per heavy atom. The zero-order chi connectivity index (χ0) is 20.9. The summed E-state index contributed by atoms with van der Waals surface area (Å²) in [5.41, 5.74) is 2.14. The van der Waals surface area contributed by atoms with Crippen LogP contribution in [0.1, 0.15) is 16.1 Å². The lowest BCUT2D eigenvalue weighted by Crippen LogP contribution is -2.51. The number of carbonyl (C=O) groups excluding carboxylic acids is 2. The SMILES string of the molecule is Cc1ccc(Nc2nnc(SCC(=O)N3CCN(C(=O)c4ccco4)CC3)s2)cc1. The molecule has 0 unspecified atom stereocenters. The molecule has 1 aliphatic heterocycles. The number of anilines is 2. The van der Waals surface area contributed by atoms with Gasteiger partial charge in [-0.15, -0.1) is 10.2 Å². The number of nitrogens with one attached hydrogen (secondary N) is 1. The van der Waals surface area contributed by atoms with Crippen LogP contribution in [0.5, 0.6) is 0 Å². The molecule has 1 fully saturated rings. The second kappa shape index (κ2) is 9.31. The molecule has 30 heavy (non-hydrogen) atoms. The molecule has 3 heterocycles. The molecular weight excluding hydrogens is 422 g/mol. The maximum absolute atomic E-state index is 12.5. The molecule has 0 radical (unpaired) electrons. The molecule has 1 N–H and O–H groups in total. The van der Waals surface area contributed by atoms with Crippen molar-refractivity contribution in [2.75, 3.05) is 37.2 Å².